The number of amides is 2. The zero-order valence-electron chi connectivity index (χ0n) is 16.8. The second-order valence-electron chi connectivity index (χ2n) is 8.05. The van der Waals surface area contributed by atoms with E-state index in [-0.39, 0.29) is 11.8 Å². The predicted octanol–water partition coefficient (Wildman–Crippen LogP) is 4.27. The second-order valence-corrected chi connectivity index (χ2v) is 8.05. The molecule has 0 heterocycles. The largest absolute Gasteiger partial charge is 0.352 e. The Kier molecular flexibility index (Phi) is 6.85. The van der Waals surface area contributed by atoms with Crippen LogP contribution >= 0.6 is 0 Å². The molecule has 0 spiro atoms. The van der Waals surface area contributed by atoms with Crippen LogP contribution in [0.25, 0.3) is 0 Å². The fourth-order valence-corrected chi connectivity index (χ4v) is 3.86. The third-order valence-electron chi connectivity index (χ3n) is 5.62. The topological polar surface area (TPSA) is 58.2 Å². The summed E-state index contributed by atoms with van der Waals surface area (Å²) in [7, 11) is 0. The average molecular weight is 379 g/mol. The van der Waals surface area contributed by atoms with E-state index in [1.807, 2.05) is 62.4 Å². The second kappa shape index (κ2) is 9.54. The summed E-state index contributed by atoms with van der Waals surface area (Å²) in [6.07, 6.45) is 4.46. The summed E-state index contributed by atoms with van der Waals surface area (Å²) in [5, 5.41) is 6.16. The third-order valence-corrected chi connectivity index (χ3v) is 5.62. The summed E-state index contributed by atoms with van der Waals surface area (Å²) in [5.41, 5.74) is 3.73. The number of nitrogens with one attached hydrogen (secondary N) is 2. The summed E-state index contributed by atoms with van der Waals surface area (Å²) >= 11 is 0. The van der Waals surface area contributed by atoms with Gasteiger partial charge in [0.25, 0.3) is 11.8 Å². The van der Waals surface area contributed by atoms with Gasteiger partial charge in [-0.05, 0) is 69.2 Å². The zero-order valence-corrected chi connectivity index (χ0v) is 16.8. The molecule has 0 saturated heterocycles. The first-order chi connectivity index (χ1) is 13.5. The van der Waals surface area contributed by atoms with Crippen LogP contribution in [0.5, 0.6) is 0 Å². The van der Waals surface area contributed by atoms with Crippen LogP contribution in [0.4, 0.5) is 0 Å². The van der Waals surface area contributed by atoms with Crippen LogP contribution in [0.3, 0.4) is 0 Å². The molecule has 0 bridgehead atoms. The molecule has 1 aliphatic carbocycles. The van der Waals surface area contributed by atoms with E-state index >= 15 is 0 Å². The molecule has 4 heteroatoms. The van der Waals surface area contributed by atoms with Gasteiger partial charge in [0.05, 0.1) is 0 Å². The van der Waals surface area contributed by atoms with Crippen molar-refractivity contribution >= 4 is 11.8 Å². The van der Waals surface area contributed by atoms with Gasteiger partial charge in [-0.15, -0.1) is 0 Å². The van der Waals surface area contributed by atoms with Crippen LogP contribution in [-0.4, -0.2) is 24.9 Å². The van der Waals surface area contributed by atoms with Gasteiger partial charge in [-0.2, -0.15) is 0 Å². The summed E-state index contributed by atoms with van der Waals surface area (Å²) in [6.45, 7) is 5.44. The van der Waals surface area contributed by atoms with Gasteiger partial charge in [0.2, 0.25) is 0 Å². The van der Waals surface area contributed by atoms with Crippen LogP contribution in [0.1, 0.15) is 57.5 Å². The molecule has 1 fully saturated rings. The van der Waals surface area contributed by atoms with Crippen molar-refractivity contribution in [3.63, 3.8) is 0 Å². The van der Waals surface area contributed by atoms with Gasteiger partial charge in [-0.1, -0.05) is 41.8 Å². The van der Waals surface area contributed by atoms with Gasteiger partial charge in [0.15, 0.2) is 0 Å². The van der Waals surface area contributed by atoms with Crippen LogP contribution in [0.2, 0.25) is 0 Å². The Labute approximate surface area is 167 Å². The molecule has 2 atom stereocenters. The van der Waals surface area contributed by atoms with Gasteiger partial charge in [0.1, 0.15) is 0 Å². The molecule has 148 valence electrons. The van der Waals surface area contributed by atoms with E-state index in [1.165, 1.54) is 0 Å². The number of carbonyl (C=O) groups excluding carboxylic acids is 2. The molecule has 1 aliphatic rings. The molecular weight excluding hydrogens is 348 g/mol. The van der Waals surface area contributed by atoms with E-state index in [9.17, 15) is 9.59 Å². The standard InChI is InChI=1S/C24H30N2O2/c1-17-6-10-21(11-7-17)23(27)25-15-19-4-3-5-20(14-19)16-26-24(28)22-12-8-18(2)9-13-22/h6-13,19-20H,3-5,14-16H2,1-2H3,(H,25,27)(H,26,28). The first-order valence-electron chi connectivity index (χ1n) is 10.2. The molecule has 0 aliphatic heterocycles. The highest BCUT2D eigenvalue weighted by atomic mass is 16.2. The maximum atomic E-state index is 12.3. The Morgan fingerprint density at radius 2 is 1.14 bits per heavy atom. The molecule has 28 heavy (non-hydrogen) atoms. The summed E-state index contributed by atoms with van der Waals surface area (Å²) in [4.78, 5) is 24.6. The van der Waals surface area contributed by atoms with Crippen molar-refractivity contribution in [2.24, 2.45) is 11.8 Å². The van der Waals surface area contributed by atoms with Crippen LogP contribution in [0, 0.1) is 25.7 Å². The fraction of sp³-hybridized carbons (Fsp3) is 0.417. The number of hydrogen-bond donors (Lipinski definition) is 2. The van der Waals surface area contributed by atoms with Gasteiger partial charge in [-0.3, -0.25) is 9.59 Å². The molecule has 4 nitrogen and oxygen atoms in total. The van der Waals surface area contributed by atoms with Gasteiger partial charge < -0.3 is 10.6 Å². The summed E-state index contributed by atoms with van der Waals surface area (Å²) in [6, 6.07) is 15.3. The number of rotatable bonds is 6. The average Bonchev–Trinajstić information content (AvgIpc) is 2.71. The molecule has 0 radical (unpaired) electrons. The minimum absolute atomic E-state index is 0.00482. The number of aryl methyl sites for hydroxylation is 2. The summed E-state index contributed by atoms with van der Waals surface area (Å²) < 4.78 is 0. The Morgan fingerprint density at radius 1 is 0.750 bits per heavy atom. The van der Waals surface area contributed by atoms with Crippen molar-refractivity contribution in [3.05, 3.63) is 70.8 Å². The smallest absolute Gasteiger partial charge is 0.251 e. The van der Waals surface area contributed by atoms with Gasteiger partial charge in [0, 0.05) is 24.2 Å². The molecule has 2 amide bonds. The van der Waals surface area contributed by atoms with Crippen molar-refractivity contribution < 1.29 is 9.59 Å². The Balaban J connectivity index is 1.43. The lowest BCUT2D eigenvalue weighted by molar-refractivity contribution is 0.0935. The molecular formula is C24H30N2O2. The third kappa shape index (κ3) is 5.69. The van der Waals surface area contributed by atoms with E-state index < -0.39 is 0 Å². The van der Waals surface area contributed by atoms with Crippen LogP contribution in [-0.2, 0) is 0 Å². The Morgan fingerprint density at radius 3 is 1.54 bits per heavy atom. The van der Waals surface area contributed by atoms with Crippen molar-refractivity contribution in [2.45, 2.75) is 39.5 Å². The van der Waals surface area contributed by atoms with Crippen LogP contribution in [0.15, 0.2) is 48.5 Å². The van der Waals surface area contributed by atoms with Gasteiger partial charge in [-0.25, -0.2) is 0 Å². The quantitative estimate of drug-likeness (QED) is 0.789. The lowest BCUT2D eigenvalue weighted by Crippen LogP contribution is -2.35. The van der Waals surface area contributed by atoms with Crippen molar-refractivity contribution in [2.75, 3.05) is 13.1 Å². The first kappa shape index (κ1) is 20.1. The highest BCUT2D eigenvalue weighted by Gasteiger charge is 2.23. The van der Waals surface area contributed by atoms with E-state index in [4.69, 9.17) is 0 Å². The molecule has 3 rings (SSSR count). The predicted molar refractivity (Wildman–Crippen MR) is 112 cm³/mol. The molecule has 2 unspecified atom stereocenters. The van der Waals surface area contributed by atoms with Crippen molar-refractivity contribution in [1.82, 2.24) is 10.6 Å². The van der Waals surface area contributed by atoms with E-state index in [1.54, 1.807) is 0 Å². The first-order valence-corrected chi connectivity index (χ1v) is 10.2. The Bertz CT molecular complexity index is 729. The maximum absolute atomic E-state index is 12.3. The summed E-state index contributed by atoms with van der Waals surface area (Å²) in [5.74, 6) is 0.943. The molecule has 2 aromatic rings. The highest BCUT2D eigenvalue weighted by molar-refractivity contribution is 5.94. The minimum atomic E-state index is -0.00482. The molecule has 0 aromatic heterocycles. The lowest BCUT2D eigenvalue weighted by atomic mass is 9.81. The zero-order chi connectivity index (χ0) is 19.9. The minimum Gasteiger partial charge on any atom is -0.352 e. The SMILES string of the molecule is Cc1ccc(C(=O)NCC2CCCC(CNC(=O)c3ccc(C)cc3)C2)cc1. The van der Waals surface area contributed by atoms with E-state index in [0.29, 0.717) is 36.1 Å². The van der Waals surface area contributed by atoms with Crippen molar-refractivity contribution in [3.8, 4) is 0 Å². The van der Waals surface area contributed by atoms with Crippen LogP contribution < -0.4 is 10.6 Å². The number of hydrogen-bond acceptors (Lipinski definition) is 2. The monoisotopic (exact) mass is 378 g/mol. The number of carbonyl (C=O) groups is 2. The van der Waals surface area contributed by atoms with Gasteiger partial charge >= 0.3 is 0 Å². The van der Waals surface area contributed by atoms with E-state index in [2.05, 4.69) is 10.6 Å². The highest BCUT2D eigenvalue weighted by Crippen LogP contribution is 2.28. The van der Waals surface area contributed by atoms with E-state index in [0.717, 1.165) is 36.8 Å². The lowest BCUT2D eigenvalue weighted by Gasteiger charge is -2.29. The number of benzene rings is 2. The fourth-order valence-electron chi connectivity index (χ4n) is 3.86. The molecule has 2 N–H and O–H groups in total. The maximum Gasteiger partial charge on any atom is 0.251 e. The van der Waals surface area contributed by atoms with Crippen molar-refractivity contribution in [1.29, 1.82) is 0 Å². The molecule has 1 saturated carbocycles. The normalized spacial score (nSPS) is 19.1. The Hall–Kier alpha value is -2.62. The molecule has 2 aromatic carbocycles.